The number of carbonyl (C=O) groups is 1. The molecule has 108 valence electrons. The first kappa shape index (κ1) is 14.5. The lowest BCUT2D eigenvalue weighted by molar-refractivity contribution is 0.0895. The average molecular weight is 281 g/mol. The van der Waals surface area contributed by atoms with Gasteiger partial charge in [0.25, 0.3) is 5.91 Å². The van der Waals surface area contributed by atoms with Crippen molar-refractivity contribution in [2.75, 3.05) is 13.3 Å². The maximum atomic E-state index is 12.5. The molecule has 0 radical (unpaired) electrons. The lowest BCUT2D eigenvalue weighted by atomic mass is 10.0. The van der Waals surface area contributed by atoms with E-state index in [4.69, 9.17) is 4.42 Å². The number of nitrogens with one attached hydrogen (secondary N) is 1. The Morgan fingerprint density at radius 3 is 2.35 bits per heavy atom. The highest BCUT2D eigenvalue weighted by Crippen LogP contribution is 2.30. The van der Waals surface area contributed by atoms with E-state index in [9.17, 15) is 13.6 Å². The predicted molar refractivity (Wildman–Crippen MR) is 73.6 cm³/mol. The second-order valence-corrected chi connectivity index (χ2v) is 4.94. The van der Waals surface area contributed by atoms with Crippen molar-refractivity contribution in [3.05, 3.63) is 34.6 Å². The Hall–Kier alpha value is -1.91. The Bertz CT molecular complexity index is 645. The predicted octanol–water partition coefficient (Wildman–Crippen LogP) is 3.40. The van der Waals surface area contributed by atoms with Crippen LogP contribution in [0.1, 0.15) is 27.2 Å². The number of alkyl halides is 2. The summed E-state index contributed by atoms with van der Waals surface area (Å²) >= 11 is 0. The summed E-state index contributed by atoms with van der Waals surface area (Å²) in [6, 6.07) is 2.74. The minimum atomic E-state index is -1.13. The van der Waals surface area contributed by atoms with E-state index in [0.29, 0.717) is 11.1 Å². The molecule has 1 aromatic heterocycles. The van der Waals surface area contributed by atoms with Gasteiger partial charge in [0.2, 0.25) is 0 Å². The van der Waals surface area contributed by atoms with E-state index in [2.05, 4.69) is 5.32 Å². The van der Waals surface area contributed by atoms with Crippen LogP contribution in [0, 0.1) is 20.8 Å². The van der Waals surface area contributed by atoms with Crippen molar-refractivity contribution in [2.45, 2.75) is 26.8 Å². The summed E-state index contributed by atoms with van der Waals surface area (Å²) in [5.74, 6) is -0.470. The Morgan fingerprint density at radius 1 is 1.20 bits per heavy atom. The van der Waals surface area contributed by atoms with E-state index in [1.807, 2.05) is 26.0 Å². The highest BCUT2D eigenvalue weighted by Gasteiger charge is 2.22. The molecule has 3 nitrogen and oxygen atoms in total. The van der Waals surface area contributed by atoms with Crippen molar-refractivity contribution >= 4 is 16.9 Å². The molecule has 5 heteroatoms. The SMILES string of the molecule is Cc1ccc(C)c2c(C)c(C(=O)NC(CF)CF)oc12. The number of hydrogen-bond donors (Lipinski definition) is 1. The number of amides is 1. The van der Waals surface area contributed by atoms with Gasteiger partial charge in [-0.15, -0.1) is 0 Å². The molecule has 20 heavy (non-hydrogen) atoms. The molecular weight excluding hydrogens is 264 g/mol. The maximum Gasteiger partial charge on any atom is 0.287 e. The van der Waals surface area contributed by atoms with Crippen LogP contribution in [0.5, 0.6) is 0 Å². The summed E-state index contributed by atoms with van der Waals surface area (Å²) < 4.78 is 30.6. The van der Waals surface area contributed by atoms with E-state index in [1.54, 1.807) is 6.92 Å². The summed E-state index contributed by atoms with van der Waals surface area (Å²) in [5.41, 5.74) is 3.25. The van der Waals surface area contributed by atoms with E-state index >= 15 is 0 Å². The maximum absolute atomic E-state index is 12.5. The third-order valence-electron chi connectivity index (χ3n) is 3.40. The van der Waals surface area contributed by atoms with E-state index in [1.165, 1.54) is 0 Å². The average Bonchev–Trinajstić information content (AvgIpc) is 2.79. The van der Waals surface area contributed by atoms with Gasteiger partial charge < -0.3 is 9.73 Å². The van der Waals surface area contributed by atoms with E-state index in [-0.39, 0.29) is 5.76 Å². The zero-order valence-electron chi connectivity index (χ0n) is 11.7. The fourth-order valence-corrected chi connectivity index (χ4v) is 2.26. The molecule has 0 fully saturated rings. The van der Waals surface area contributed by atoms with Crippen LogP contribution in [-0.2, 0) is 0 Å². The number of halogens is 2. The molecule has 0 spiro atoms. The van der Waals surface area contributed by atoms with E-state index < -0.39 is 25.3 Å². The van der Waals surface area contributed by atoms with Gasteiger partial charge >= 0.3 is 0 Å². The topological polar surface area (TPSA) is 42.2 Å². The second-order valence-electron chi connectivity index (χ2n) is 4.94. The molecule has 2 aromatic rings. The molecule has 1 heterocycles. The number of carbonyl (C=O) groups excluding carboxylic acids is 1. The molecule has 2 rings (SSSR count). The second kappa shape index (κ2) is 5.61. The summed E-state index contributed by atoms with van der Waals surface area (Å²) in [5, 5.41) is 3.17. The zero-order chi connectivity index (χ0) is 14.9. The zero-order valence-corrected chi connectivity index (χ0v) is 11.7. The fraction of sp³-hybridized carbons (Fsp3) is 0.400. The number of rotatable bonds is 4. The van der Waals surface area contributed by atoms with Crippen LogP contribution in [0.25, 0.3) is 11.0 Å². The lowest BCUT2D eigenvalue weighted by Gasteiger charge is -2.10. The largest absolute Gasteiger partial charge is 0.450 e. The third kappa shape index (κ3) is 2.40. The molecule has 0 atom stereocenters. The van der Waals surface area contributed by atoms with Crippen molar-refractivity contribution in [3.63, 3.8) is 0 Å². The van der Waals surface area contributed by atoms with Gasteiger partial charge in [-0.1, -0.05) is 12.1 Å². The molecule has 1 amide bonds. The fourth-order valence-electron chi connectivity index (χ4n) is 2.26. The lowest BCUT2D eigenvalue weighted by Crippen LogP contribution is -2.38. The Labute approximate surface area is 116 Å². The first-order chi connectivity index (χ1) is 9.49. The van der Waals surface area contributed by atoms with Gasteiger partial charge in [0, 0.05) is 10.9 Å². The first-order valence-electron chi connectivity index (χ1n) is 6.41. The standard InChI is InChI=1S/C15H17F2NO2/c1-8-4-5-9(2)13-12(8)10(3)14(20-13)15(19)18-11(6-16)7-17/h4-5,11H,6-7H2,1-3H3,(H,18,19). The van der Waals surface area contributed by atoms with Crippen LogP contribution in [0.2, 0.25) is 0 Å². The normalized spacial score (nSPS) is 11.3. The van der Waals surface area contributed by atoms with Crippen LogP contribution in [-0.4, -0.2) is 25.3 Å². The van der Waals surface area contributed by atoms with Crippen LogP contribution < -0.4 is 5.32 Å². The van der Waals surface area contributed by atoms with Crippen LogP contribution >= 0.6 is 0 Å². The summed E-state index contributed by atoms with van der Waals surface area (Å²) in [7, 11) is 0. The molecule has 0 bridgehead atoms. The molecule has 0 aliphatic rings. The molecule has 0 aliphatic carbocycles. The van der Waals surface area contributed by atoms with Crippen molar-refractivity contribution < 1.29 is 18.0 Å². The van der Waals surface area contributed by atoms with E-state index in [0.717, 1.165) is 16.5 Å². The number of hydrogen-bond acceptors (Lipinski definition) is 2. The molecule has 1 aromatic carbocycles. The third-order valence-corrected chi connectivity index (χ3v) is 3.40. The summed E-state index contributed by atoms with van der Waals surface area (Å²) in [4.78, 5) is 12.0. The van der Waals surface area contributed by atoms with Gasteiger partial charge in [-0.3, -0.25) is 4.79 Å². The molecule has 1 N–H and O–H groups in total. The van der Waals surface area contributed by atoms with Gasteiger partial charge in [-0.2, -0.15) is 0 Å². The van der Waals surface area contributed by atoms with Crippen molar-refractivity contribution in [3.8, 4) is 0 Å². The van der Waals surface area contributed by atoms with Crippen molar-refractivity contribution in [1.29, 1.82) is 0 Å². The molecule has 0 aliphatic heterocycles. The van der Waals surface area contributed by atoms with Crippen LogP contribution in [0.15, 0.2) is 16.5 Å². The number of aryl methyl sites for hydroxylation is 3. The quantitative estimate of drug-likeness (QED) is 0.933. The van der Waals surface area contributed by atoms with Gasteiger partial charge in [0.05, 0.1) is 6.04 Å². The summed E-state index contributed by atoms with van der Waals surface area (Å²) in [6.45, 7) is 3.70. The highest BCUT2D eigenvalue weighted by molar-refractivity contribution is 6.00. The minimum absolute atomic E-state index is 0.115. The van der Waals surface area contributed by atoms with Gasteiger partial charge in [-0.05, 0) is 31.9 Å². The molecule has 0 saturated carbocycles. The smallest absolute Gasteiger partial charge is 0.287 e. The Balaban J connectivity index is 2.45. The van der Waals surface area contributed by atoms with Crippen molar-refractivity contribution in [1.82, 2.24) is 5.32 Å². The Kier molecular flexibility index (Phi) is 4.06. The number of furan rings is 1. The van der Waals surface area contributed by atoms with Gasteiger partial charge in [0.1, 0.15) is 18.9 Å². The molecule has 0 unspecified atom stereocenters. The highest BCUT2D eigenvalue weighted by atomic mass is 19.1. The number of benzene rings is 1. The van der Waals surface area contributed by atoms with Crippen LogP contribution in [0.3, 0.4) is 0 Å². The number of fused-ring (bicyclic) bond motifs is 1. The van der Waals surface area contributed by atoms with Crippen molar-refractivity contribution in [2.24, 2.45) is 0 Å². The Morgan fingerprint density at radius 2 is 1.80 bits per heavy atom. The minimum Gasteiger partial charge on any atom is -0.450 e. The van der Waals surface area contributed by atoms with Crippen LogP contribution in [0.4, 0.5) is 8.78 Å². The first-order valence-corrected chi connectivity index (χ1v) is 6.41. The monoisotopic (exact) mass is 281 g/mol. The molecule has 0 saturated heterocycles. The van der Waals surface area contributed by atoms with Gasteiger partial charge in [-0.25, -0.2) is 8.78 Å². The molecular formula is C15H17F2NO2. The van der Waals surface area contributed by atoms with Gasteiger partial charge in [0.15, 0.2) is 5.76 Å². The summed E-state index contributed by atoms with van der Waals surface area (Å²) in [6.07, 6.45) is 0.